The summed E-state index contributed by atoms with van der Waals surface area (Å²) in [6, 6.07) is 8.04. The van der Waals surface area contributed by atoms with Gasteiger partial charge in [-0.05, 0) is 30.7 Å². The van der Waals surface area contributed by atoms with Gasteiger partial charge >= 0.3 is 6.09 Å². The van der Waals surface area contributed by atoms with E-state index in [0.29, 0.717) is 31.2 Å². The molecule has 2 fully saturated rings. The molecule has 2 aliphatic rings. The Morgan fingerprint density at radius 2 is 1.48 bits per heavy atom. The smallest absolute Gasteiger partial charge is 0.434 e. The first-order chi connectivity index (χ1) is 15.1. The van der Waals surface area contributed by atoms with Crippen LogP contribution in [-0.4, -0.2) is 60.7 Å². The Labute approximate surface area is 184 Å². The SMILES string of the molecule is CCCCCCCCOc1ccc(N2CCN(C(=O)ON3C(=O)CCC3=O)CC2)cc1. The number of benzene rings is 1. The highest BCUT2D eigenvalue weighted by Crippen LogP contribution is 2.22. The highest BCUT2D eigenvalue weighted by atomic mass is 16.7. The summed E-state index contributed by atoms with van der Waals surface area (Å²) in [5.41, 5.74) is 1.07. The van der Waals surface area contributed by atoms with E-state index in [4.69, 9.17) is 9.57 Å². The summed E-state index contributed by atoms with van der Waals surface area (Å²) < 4.78 is 5.84. The van der Waals surface area contributed by atoms with Crippen molar-refractivity contribution in [2.45, 2.75) is 58.3 Å². The number of amides is 3. The second-order valence-corrected chi connectivity index (χ2v) is 8.02. The maximum atomic E-state index is 12.3. The van der Waals surface area contributed by atoms with Gasteiger partial charge in [0.2, 0.25) is 0 Å². The summed E-state index contributed by atoms with van der Waals surface area (Å²) >= 11 is 0. The lowest BCUT2D eigenvalue weighted by atomic mass is 10.1. The molecule has 1 aromatic carbocycles. The van der Waals surface area contributed by atoms with Crippen molar-refractivity contribution >= 4 is 23.6 Å². The number of nitrogens with zero attached hydrogens (tertiary/aromatic N) is 3. The molecule has 0 spiro atoms. The highest BCUT2D eigenvalue weighted by Gasteiger charge is 2.34. The molecule has 3 rings (SSSR count). The van der Waals surface area contributed by atoms with E-state index in [0.717, 1.165) is 24.5 Å². The van der Waals surface area contributed by atoms with Crippen LogP contribution in [0.4, 0.5) is 10.5 Å². The van der Waals surface area contributed by atoms with Gasteiger partial charge in [0.1, 0.15) is 5.75 Å². The van der Waals surface area contributed by atoms with E-state index in [2.05, 4.69) is 11.8 Å². The van der Waals surface area contributed by atoms with Gasteiger partial charge in [0.15, 0.2) is 0 Å². The van der Waals surface area contributed by atoms with Crippen molar-refractivity contribution in [2.75, 3.05) is 37.7 Å². The van der Waals surface area contributed by atoms with E-state index in [1.54, 1.807) is 0 Å². The fourth-order valence-electron chi connectivity index (χ4n) is 3.77. The van der Waals surface area contributed by atoms with Gasteiger partial charge in [-0.25, -0.2) is 4.79 Å². The number of imide groups is 1. The second kappa shape index (κ2) is 11.6. The van der Waals surface area contributed by atoms with E-state index in [9.17, 15) is 14.4 Å². The molecule has 2 saturated heterocycles. The molecule has 8 nitrogen and oxygen atoms in total. The molecule has 170 valence electrons. The zero-order valence-corrected chi connectivity index (χ0v) is 18.4. The van der Waals surface area contributed by atoms with Crippen molar-refractivity contribution in [2.24, 2.45) is 0 Å². The first kappa shape index (κ1) is 22.9. The minimum Gasteiger partial charge on any atom is -0.494 e. The lowest BCUT2D eigenvalue weighted by molar-refractivity contribution is -0.173. The van der Waals surface area contributed by atoms with Crippen LogP contribution in [0.1, 0.15) is 58.3 Å². The van der Waals surface area contributed by atoms with Crippen LogP contribution in [0.3, 0.4) is 0 Å². The summed E-state index contributed by atoms with van der Waals surface area (Å²) in [4.78, 5) is 44.1. The Kier molecular flexibility index (Phi) is 8.55. The molecule has 0 aromatic heterocycles. The number of carbonyl (C=O) groups is 3. The summed E-state index contributed by atoms with van der Waals surface area (Å²) in [5.74, 6) is -0.0500. The Morgan fingerprint density at radius 3 is 2.13 bits per heavy atom. The first-order valence-electron chi connectivity index (χ1n) is 11.4. The highest BCUT2D eigenvalue weighted by molar-refractivity contribution is 6.01. The van der Waals surface area contributed by atoms with Crippen LogP contribution in [-0.2, 0) is 14.4 Å². The van der Waals surface area contributed by atoms with Crippen molar-refractivity contribution in [3.8, 4) is 5.75 Å². The fraction of sp³-hybridized carbons (Fsp3) is 0.609. The standard InChI is InChI=1S/C23H33N3O5/c1-2-3-4-5-6-7-18-30-20-10-8-19(9-11-20)24-14-16-25(17-15-24)23(29)31-26-21(27)12-13-22(26)28/h8-11H,2-7,12-18H2,1H3. The topological polar surface area (TPSA) is 79.4 Å². The minimum atomic E-state index is -0.651. The van der Waals surface area contributed by atoms with Crippen LogP contribution in [0, 0.1) is 0 Å². The maximum Gasteiger partial charge on any atom is 0.434 e. The molecule has 31 heavy (non-hydrogen) atoms. The third kappa shape index (κ3) is 6.60. The van der Waals surface area contributed by atoms with E-state index < -0.39 is 17.9 Å². The lowest BCUT2D eigenvalue weighted by Gasteiger charge is -2.35. The number of ether oxygens (including phenoxy) is 1. The molecule has 1 aromatic rings. The zero-order valence-electron chi connectivity index (χ0n) is 18.4. The molecule has 0 N–H and O–H groups in total. The van der Waals surface area contributed by atoms with Gasteiger partial charge < -0.3 is 19.4 Å². The Bertz CT molecular complexity index is 728. The molecule has 0 saturated carbocycles. The first-order valence-corrected chi connectivity index (χ1v) is 11.4. The molecular formula is C23H33N3O5. The number of rotatable bonds is 10. The number of piperazine rings is 1. The average Bonchev–Trinajstić information content (AvgIpc) is 3.11. The summed E-state index contributed by atoms with van der Waals surface area (Å²) in [7, 11) is 0. The van der Waals surface area contributed by atoms with Crippen LogP contribution in [0.25, 0.3) is 0 Å². The van der Waals surface area contributed by atoms with Crippen molar-refractivity contribution < 1.29 is 24.0 Å². The summed E-state index contributed by atoms with van der Waals surface area (Å²) in [5, 5.41) is 0.596. The Morgan fingerprint density at radius 1 is 0.871 bits per heavy atom. The lowest BCUT2D eigenvalue weighted by Crippen LogP contribution is -2.50. The number of hydrogen-bond donors (Lipinski definition) is 0. The molecule has 0 radical (unpaired) electrons. The second-order valence-electron chi connectivity index (χ2n) is 8.02. The van der Waals surface area contributed by atoms with E-state index in [-0.39, 0.29) is 12.8 Å². The molecule has 3 amide bonds. The Hall–Kier alpha value is -2.77. The molecule has 0 bridgehead atoms. The molecular weight excluding hydrogens is 398 g/mol. The third-order valence-corrected chi connectivity index (χ3v) is 5.68. The van der Waals surface area contributed by atoms with Gasteiger partial charge in [0.25, 0.3) is 11.8 Å². The monoisotopic (exact) mass is 431 g/mol. The van der Waals surface area contributed by atoms with Gasteiger partial charge in [-0.3, -0.25) is 9.59 Å². The van der Waals surface area contributed by atoms with E-state index >= 15 is 0 Å². The molecule has 0 aliphatic carbocycles. The normalized spacial score (nSPS) is 16.7. The average molecular weight is 432 g/mol. The van der Waals surface area contributed by atoms with Crippen LogP contribution >= 0.6 is 0 Å². The molecule has 2 heterocycles. The van der Waals surface area contributed by atoms with Gasteiger partial charge in [-0.15, -0.1) is 5.06 Å². The number of hydrogen-bond acceptors (Lipinski definition) is 6. The summed E-state index contributed by atoms with van der Waals surface area (Å²) in [6.07, 6.45) is 7.00. The fourth-order valence-corrected chi connectivity index (χ4v) is 3.77. The Balaban J connectivity index is 1.37. The van der Waals surface area contributed by atoms with Gasteiger partial charge in [-0.2, -0.15) is 0 Å². The molecule has 0 unspecified atom stereocenters. The summed E-state index contributed by atoms with van der Waals surface area (Å²) in [6.45, 7) is 5.19. The molecule has 8 heteroatoms. The number of hydroxylamine groups is 2. The quantitative estimate of drug-likeness (QED) is 0.415. The van der Waals surface area contributed by atoms with Crippen molar-refractivity contribution in [3.63, 3.8) is 0 Å². The van der Waals surface area contributed by atoms with Gasteiger partial charge in [0, 0.05) is 44.7 Å². The largest absolute Gasteiger partial charge is 0.494 e. The molecule has 2 aliphatic heterocycles. The van der Waals surface area contributed by atoms with Gasteiger partial charge in [-0.1, -0.05) is 39.0 Å². The van der Waals surface area contributed by atoms with E-state index in [1.165, 1.54) is 37.0 Å². The van der Waals surface area contributed by atoms with Crippen LogP contribution in [0.15, 0.2) is 24.3 Å². The molecule has 0 atom stereocenters. The predicted molar refractivity (Wildman–Crippen MR) is 117 cm³/mol. The van der Waals surface area contributed by atoms with Crippen LogP contribution < -0.4 is 9.64 Å². The van der Waals surface area contributed by atoms with Crippen molar-refractivity contribution in [1.29, 1.82) is 0 Å². The van der Waals surface area contributed by atoms with Gasteiger partial charge in [0.05, 0.1) is 6.61 Å². The minimum absolute atomic E-state index is 0.0958. The number of unbranched alkanes of at least 4 members (excludes halogenated alkanes) is 5. The van der Waals surface area contributed by atoms with Crippen molar-refractivity contribution in [3.05, 3.63) is 24.3 Å². The van der Waals surface area contributed by atoms with E-state index in [1.807, 2.05) is 24.3 Å². The number of anilines is 1. The van der Waals surface area contributed by atoms with Crippen LogP contribution in [0.5, 0.6) is 5.75 Å². The van der Waals surface area contributed by atoms with Crippen molar-refractivity contribution in [1.82, 2.24) is 9.96 Å². The number of carbonyl (C=O) groups excluding carboxylic acids is 3. The third-order valence-electron chi connectivity index (χ3n) is 5.68. The maximum absolute atomic E-state index is 12.3. The van der Waals surface area contributed by atoms with Crippen LogP contribution in [0.2, 0.25) is 0 Å². The zero-order chi connectivity index (χ0) is 22.1. The predicted octanol–water partition coefficient (Wildman–Crippen LogP) is 3.75.